The summed E-state index contributed by atoms with van der Waals surface area (Å²) in [6.07, 6.45) is 0. The van der Waals surface area contributed by atoms with Crippen LogP contribution in [0.2, 0.25) is 0 Å². The lowest BCUT2D eigenvalue weighted by molar-refractivity contribution is 0.425. The normalized spacial score (nSPS) is 13.6. The number of nitriles is 1. The topological polar surface area (TPSA) is 35.8 Å². The number of hydrogen-bond donors (Lipinski definition) is 1. The van der Waals surface area contributed by atoms with E-state index in [2.05, 4.69) is 37.4 Å². The summed E-state index contributed by atoms with van der Waals surface area (Å²) >= 11 is 1.70. The van der Waals surface area contributed by atoms with E-state index >= 15 is 0 Å². The number of thioether (sulfide) groups is 1. The first-order chi connectivity index (χ1) is 10.2. The summed E-state index contributed by atoms with van der Waals surface area (Å²) in [5.74, 6) is 0.676. The van der Waals surface area contributed by atoms with Crippen molar-refractivity contribution >= 4 is 11.8 Å². The molecule has 1 atom stereocenters. The molecule has 0 aromatic heterocycles. The van der Waals surface area contributed by atoms with Gasteiger partial charge in [0.2, 0.25) is 0 Å². The number of hydrogen-bond acceptors (Lipinski definition) is 3. The van der Waals surface area contributed by atoms with Gasteiger partial charge in [-0.1, -0.05) is 48.5 Å². The Morgan fingerprint density at radius 2 is 1.62 bits per heavy atom. The second-order valence-electron chi connectivity index (χ2n) is 5.28. The maximum absolute atomic E-state index is 9.83. The molecule has 0 saturated carbocycles. The van der Waals surface area contributed by atoms with Crippen LogP contribution in [0.1, 0.15) is 19.4 Å². The SMILES string of the molecule is CC(C)NC(C#N)(CSc1ccccc1)c1ccccc1. The van der Waals surface area contributed by atoms with Crippen molar-refractivity contribution < 1.29 is 0 Å². The van der Waals surface area contributed by atoms with Crippen LogP contribution in [0, 0.1) is 11.3 Å². The summed E-state index contributed by atoms with van der Waals surface area (Å²) in [6, 6.07) is 22.9. The van der Waals surface area contributed by atoms with Crippen LogP contribution in [0.5, 0.6) is 0 Å². The molecule has 1 N–H and O–H groups in total. The second-order valence-corrected chi connectivity index (χ2v) is 6.33. The van der Waals surface area contributed by atoms with Crippen LogP contribution in [0.4, 0.5) is 0 Å². The number of nitrogens with zero attached hydrogens (tertiary/aromatic N) is 1. The van der Waals surface area contributed by atoms with Gasteiger partial charge in [-0.15, -0.1) is 11.8 Å². The standard InChI is InChI=1S/C18H20N2S/c1-15(2)20-18(13-19,16-9-5-3-6-10-16)14-21-17-11-7-4-8-12-17/h3-12,15,20H,14H2,1-2H3. The van der Waals surface area contributed by atoms with E-state index in [4.69, 9.17) is 0 Å². The van der Waals surface area contributed by atoms with Gasteiger partial charge in [-0.05, 0) is 31.5 Å². The van der Waals surface area contributed by atoms with E-state index in [9.17, 15) is 5.26 Å². The maximum Gasteiger partial charge on any atom is 0.141 e. The fourth-order valence-corrected chi connectivity index (χ4v) is 3.31. The number of nitrogens with one attached hydrogen (secondary N) is 1. The van der Waals surface area contributed by atoms with Crippen LogP contribution in [0.25, 0.3) is 0 Å². The minimum Gasteiger partial charge on any atom is -0.293 e. The van der Waals surface area contributed by atoms with Crippen LogP contribution in [0.3, 0.4) is 0 Å². The van der Waals surface area contributed by atoms with Gasteiger partial charge in [0.25, 0.3) is 0 Å². The summed E-state index contributed by atoms with van der Waals surface area (Å²) in [6.45, 7) is 4.14. The zero-order chi connectivity index (χ0) is 15.1. The molecule has 2 aromatic carbocycles. The molecule has 0 fully saturated rings. The molecular formula is C18H20N2S. The maximum atomic E-state index is 9.83. The first-order valence-corrected chi connectivity index (χ1v) is 8.07. The Labute approximate surface area is 131 Å². The van der Waals surface area contributed by atoms with Crippen LogP contribution in [-0.2, 0) is 5.54 Å². The Bertz CT molecular complexity index is 590. The van der Waals surface area contributed by atoms with Crippen molar-refractivity contribution in [2.45, 2.75) is 30.3 Å². The zero-order valence-corrected chi connectivity index (χ0v) is 13.2. The van der Waals surface area contributed by atoms with Gasteiger partial charge in [-0.25, -0.2) is 0 Å². The summed E-state index contributed by atoms with van der Waals surface area (Å²) < 4.78 is 0. The average Bonchev–Trinajstić information content (AvgIpc) is 2.53. The molecule has 108 valence electrons. The van der Waals surface area contributed by atoms with Gasteiger partial charge in [0, 0.05) is 16.7 Å². The van der Waals surface area contributed by atoms with Crippen LogP contribution < -0.4 is 5.32 Å². The molecule has 1 unspecified atom stereocenters. The highest BCUT2D eigenvalue weighted by molar-refractivity contribution is 7.99. The summed E-state index contributed by atoms with van der Waals surface area (Å²) in [7, 11) is 0. The molecule has 0 bridgehead atoms. The minimum atomic E-state index is -0.671. The molecule has 0 heterocycles. The smallest absolute Gasteiger partial charge is 0.141 e. The molecule has 0 aliphatic heterocycles. The molecule has 0 saturated heterocycles. The molecule has 0 aliphatic carbocycles. The molecule has 2 aromatic rings. The van der Waals surface area contributed by atoms with E-state index in [1.807, 2.05) is 48.5 Å². The lowest BCUT2D eigenvalue weighted by Crippen LogP contribution is -2.47. The molecule has 2 rings (SSSR count). The Hall–Kier alpha value is -1.76. The molecule has 21 heavy (non-hydrogen) atoms. The third kappa shape index (κ3) is 4.10. The molecule has 3 heteroatoms. The molecular weight excluding hydrogens is 276 g/mol. The average molecular weight is 296 g/mol. The first-order valence-electron chi connectivity index (χ1n) is 7.08. The summed E-state index contributed by atoms with van der Waals surface area (Å²) in [5.41, 5.74) is 0.347. The van der Waals surface area contributed by atoms with E-state index in [1.54, 1.807) is 11.8 Å². The van der Waals surface area contributed by atoms with Crippen molar-refractivity contribution in [3.63, 3.8) is 0 Å². The highest BCUT2D eigenvalue weighted by atomic mass is 32.2. The number of benzene rings is 2. The van der Waals surface area contributed by atoms with E-state index < -0.39 is 5.54 Å². The lowest BCUT2D eigenvalue weighted by Gasteiger charge is -2.30. The Kier molecular flexibility index (Phi) is 5.44. The molecule has 0 aliphatic rings. The zero-order valence-electron chi connectivity index (χ0n) is 12.4. The highest BCUT2D eigenvalue weighted by Crippen LogP contribution is 2.30. The van der Waals surface area contributed by atoms with E-state index in [-0.39, 0.29) is 6.04 Å². The van der Waals surface area contributed by atoms with Gasteiger partial charge in [0.15, 0.2) is 0 Å². The fraction of sp³-hybridized carbons (Fsp3) is 0.278. The van der Waals surface area contributed by atoms with Crippen molar-refractivity contribution in [1.29, 1.82) is 5.26 Å². The lowest BCUT2D eigenvalue weighted by atomic mass is 9.92. The van der Waals surface area contributed by atoms with Gasteiger partial charge < -0.3 is 0 Å². The van der Waals surface area contributed by atoms with E-state index in [1.165, 1.54) is 4.90 Å². The van der Waals surface area contributed by atoms with Crippen LogP contribution in [0.15, 0.2) is 65.6 Å². The van der Waals surface area contributed by atoms with E-state index in [0.29, 0.717) is 5.75 Å². The van der Waals surface area contributed by atoms with Crippen molar-refractivity contribution in [2.24, 2.45) is 0 Å². The van der Waals surface area contributed by atoms with E-state index in [0.717, 1.165) is 5.56 Å². The molecule has 2 nitrogen and oxygen atoms in total. The molecule has 0 amide bonds. The predicted molar refractivity (Wildman–Crippen MR) is 89.2 cm³/mol. The first kappa shape index (κ1) is 15.6. The van der Waals surface area contributed by atoms with Crippen LogP contribution in [-0.4, -0.2) is 11.8 Å². The largest absolute Gasteiger partial charge is 0.293 e. The summed E-state index contributed by atoms with van der Waals surface area (Å²) in [4.78, 5) is 1.18. The van der Waals surface area contributed by atoms with Crippen molar-refractivity contribution in [3.8, 4) is 6.07 Å². The Morgan fingerprint density at radius 1 is 1.05 bits per heavy atom. The minimum absolute atomic E-state index is 0.237. The molecule has 0 spiro atoms. The van der Waals surface area contributed by atoms with Gasteiger partial charge in [-0.3, -0.25) is 5.32 Å². The second kappa shape index (κ2) is 7.31. The van der Waals surface area contributed by atoms with Gasteiger partial charge in [-0.2, -0.15) is 5.26 Å². The van der Waals surface area contributed by atoms with Crippen molar-refractivity contribution in [1.82, 2.24) is 5.32 Å². The Balaban J connectivity index is 2.26. The predicted octanol–water partition coefficient (Wildman–Crippen LogP) is 4.20. The molecule has 0 radical (unpaired) electrons. The third-order valence-electron chi connectivity index (χ3n) is 3.19. The Morgan fingerprint density at radius 3 is 2.14 bits per heavy atom. The fourth-order valence-electron chi connectivity index (χ4n) is 2.26. The monoisotopic (exact) mass is 296 g/mol. The van der Waals surface area contributed by atoms with Gasteiger partial charge >= 0.3 is 0 Å². The van der Waals surface area contributed by atoms with Crippen molar-refractivity contribution in [3.05, 3.63) is 66.2 Å². The summed E-state index contributed by atoms with van der Waals surface area (Å²) in [5, 5.41) is 13.3. The van der Waals surface area contributed by atoms with Gasteiger partial charge in [0.1, 0.15) is 5.54 Å². The van der Waals surface area contributed by atoms with Gasteiger partial charge in [0.05, 0.1) is 6.07 Å². The highest BCUT2D eigenvalue weighted by Gasteiger charge is 2.32. The third-order valence-corrected chi connectivity index (χ3v) is 4.37. The van der Waals surface area contributed by atoms with Crippen molar-refractivity contribution in [2.75, 3.05) is 5.75 Å². The number of rotatable bonds is 6. The van der Waals surface area contributed by atoms with Crippen LogP contribution >= 0.6 is 11.8 Å². The quantitative estimate of drug-likeness (QED) is 0.812.